The minimum absolute atomic E-state index is 0.0566. The van der Waals surface area contributed by atoms with E-state index in [2.05, 4.69) is 5.32 Å². The summed E-state index contributed by atoms with van der Waals surface area (Å²) in [6.07, 6.45) is 0.764. The number of nitrogens with one attached hydrogen (secondary N) is 1. The number of benzene rings is 1. The molecule has 1 aromatic rings. The largest absolute Gasteiger partial charge is 0.495 e. The molecule has 4 heteroatoms. The van der Waals surface area contributed by atoms with Crippen molar-refractivity contribution in [3.8, 4) is 5.75 Å². The molecule has 14 heavy (non-hydrogen) atoms. The molecule has 0 heterocycles. The normalized spacial score (nSPS) is 10.3. The fourth-order valence-corrected chi connectivity index (χ4v) is 1.51. The third kappa shape index (κ3) is 2.36. The van der Waals surface area contributed by atoms with Crippen LogP contribution < -0.4 is 10.1 Å². The highest BCUT2D eigenvalue weighted by molar-refractivity contribution is 6.32. The fourth-order valence-electron chi connectivity index (χ4n) is 1.25. The van der Waals surface area contributed by atoms with E-state index >= 15 is 0 Å². The number of halogens is 2. The van der Waals surface area contributed by atoms with E-state index in [1.807, 2.05) is 7.05 Å². The van der Waals surface area contributed by atoms with Gasteiger partial charge >= 0.3 is 0 Å². The zero-order chi connectivity index (χ0) is 10.6. The van der Waals surface area contributed by atoms with Crippen molar-refractivity contribution in [2.24, 2.45) is 0 Å². The standard InChI is InChI=1S/C10H13ClFNO/c1-13-6-5-7-3-4-8(12)9(11)10(7)14-2/h3-4,13H,5-6H2,1-2H3. The molecule has 0 amide bonds. The summed E-state index contributed by atoms with van der Waals surface area (Å²) in [6.45, 7) is 0.804. The van der Waals surface area contributed by atoms with Gasteiger partial charge in [-0.2, -0.15) is 0 Å². The summed E-state index contributed by atoms with van der Waals surface area (Å²) in [6, 6.07) is 3.05. The van der Waals surface area contributed by atoms with Crippen molar-refractivity contribution in [2.45, 2.75) is 6.42 Å². The van der Waals surface area contributed by atoms with Crippen LogP contribution in [0.15, 0.2) is 12.1 Å². The van der Waals surface area contributed by atoms with Gasteiger partial charge in [-0.15, -0.1) is 0 Å². The van der Waals surface area contributed by atoms with Crippen LogP contribution in [-0.4, -0.2) is 20.7 Å². The number of likely N-dealkylation sites (N-methyl/N-ethyl adjacent to an activating group) is 1. The van der Waals surface area contributed by atoms with Crippen LogP contribution >= 0.6 is 11.6 Å². The maximum Gasteiger partial charge on any atom is 0.145 e. The molecule has 1 N–H and O–H groups in total. The monoisotopic (exact) mass is 217 g/mol. The molecule has 0 fully saturated rings. The average molecular weight is 218 g/mol. The molecule has 1 rings (SSSR count). The molecule has 1 aromatic carbocycles. The first kappa shape index (κ1) is 11.3. The van der Waals surface area contributed by atoms with E-state index in [9.17, 15) is 4.39 Å². The molecule has 0 aromatic heterocycles. The lowest BCUT2D eigenvalue weighted by molar-refractivity contribution is 0.406. The van der Waals surface area contributed by atoms with E-state index in [-0.39, 0.29) is 5.02 Å². The number of hydrogen-bond donors (Lipinski definition) is 1. The van der Waals surface area contributed by atoms with E-state index in [0.29, 0.717) is 5.75 Å². The van der Waals surface area contributed by atoms with Crippen molar-refractivity contribution < 1.29 is 9.13 Å². The van der Waals surface area contributed by atoms with Crippen molar-refractivity contribution in [2.75, 3.05) is 20.7 Å². The molecule has 0 aliphatic rings. The average Bonchev–Trinajstić information content (AvgIpc) is 2.20. The highest BCUT2D eigenvalue weighted by Crippen LogP contribution is 2.31. The Morgan fingerprint density at radius 3 is 2.79 bits per heavy atom. The molecule has 0 aliphatic heterocycles. The van der Waals surface area contributed by atoms with Gasteiger partial charge in [-0.05, 0) is 31.6 Å². The molecule has 0 aliphatic carbocycles. The van der Waals surface area contributed by atoms with Crippen molar-refractivity contribution in [1.29, 1.82) is 0 Å². The van der Waals surface area contributed by atoms with Gasteiger partial charge in [0.05, 0.1) is 7.11 Å². The maximum absolute atomic E-state index is 13.0. The topological polar surface area (TPSA) is 21.3 Å². The molecule has 0 radical (unpaired) electrons. The van der Waals surface area contributed by atoms with E-state index in [1.54, 1.807) is 6.07 Å². The van der Waals surface area contributed by atoms with Crippen LogP contribution in [0.4, 0.5) is 4.39 Å². The molecule has 0 saturated heterocycles. The van der Waals surface area contributed by atoms with Crippen LogP contribution in [0, 0.1) is 5.82 Å². The van der Waals surface area contributed by atoms with E-state index in [4.69, 9.17) is 16.3 Å². The van der Waals surface area contributed by atoms with Gasteiger partial charge in [0.25, 0.3) is 0 Å². The molecule has 0 unspecified atom stereocenters. The molecular formula is C10H13ClFNO. The predicted molar refractivity (Wildman–Crippen MR) is 55.6 cm³/mol. The fraction of sp³-hybridized carbons (Fsp3) is 0.400. The molecule has 78 valence electrons. The molecule has 0 saturated carbocycles. The lowest BCUT2D eigenvalue weighted by Gasteiger charge is -2.10. The zero-order valence-electron chi connectivity index (χ0n) is 8.23. The Balaban J connectivity index is 2.98. The van der Waals surface area contributed by atoms with Crippen LogP contribution in [0.2, 0.25) is 5.02 Å². The van der Waals surface area contributed by atoms with Gasteiger partial charge in [0.2, 0.25) is 0 Å². The van der Waals surface area contributed by atoms with Crippen LogP contribution in [-0.2, 0) is 6.42 Å². The van der Waals surface area contributed by atoms with E-state index in [0.717, 1.165) is 18.5 Å². The second-order valence-electron chi connectivity index (χ2n) is 2.91. The summed E-state index contributed by atoms with van der Waals surface area (Å²) in [5.74, 6) is -0.0151. The van der Waals surface area contributed by atoms with Gasteiger partial charge in [0.1, 0.15) is 16.6 Å². The molecule has 0 bridgehead atoms. The van der Waals surface area contributed by atoms with Gasteiger partial charge in [-0.1, -0.05) is 17.7 Å². The summed E-state index contributed by atoms with van der Waals surface area (Å²) in [5.41, 5.74) is 0.910. The van der Waals surface area contributed by atoms with Crippen molar-refractivity contribution in [1.82, 2.24) is 5.32 Å². The Morgan fingerprint density at radius 2 is 2.21 bits per heavy atom. The van der Waals surface area contributed by atoms with Gasteiger partial charge in [-0.25, -0.2) is 4.39 Å². The summed E-state index contributed by atoms with van der Waals surface area (Å²) in [4.78, 5) is 0. The Morgan fingerprint density at radius 1 is 1.50 bits per heavy atom. The predicted octanol–water partition coefficient (Wildman–Crippen LogP) is 2.25. The van der Waals surface area contributed by atoms with Crippen LogP contribution in [0.5, 0.6) is 5.75 Å². The van der Waals surface area contributed by atoms with Crippen LogP contribution in [0.1, 0.15) is 5.56 Å². The second kappa shape index (κ2) is 5.17. The summed E-state index contributed by atoms with van der Waals surface area (Å²) < 4.78 is 18.1. The van der Waals surface area contributed by atoms with E-state index < -0.39 is 5.82 Å². The quantitative estimate of drug-likeness (QED) is 0.836. The molecular weight excluding hydrogens is 205 g/mol. The van der Waals surface area contributed by atoms with Crippen LogP contribution in [0.25, 0.3) is 0 Å². The molecule has 0 spiro atoms. The minimum Gasteiger partial charge on any atom is -0.495 e. The number of rotatable bonds is 4. The van der Waals surface area contributed by atoms with Gasteiger partial charge in [-0.3, -0.25) is 0 Å². The third-order valence-electron chi connectivity index (χ3n) is 1.98. The summed E-state index contributed by atoms with van der Waals surface area (Å²) in [7, 11) is 3.35. The van der Waals surface area contributed by atoms with Gasteiger partial charge in [0, 0.05) is 0 Å². The number of methoxy groups -OCH3 is 1. The lowest BCUT2D eigenvalue weighted by Crippen LogP contribution is -2.11. The Labute approximate surface area is 88.0 Å². The summed E-state index contributed by atoms with van der Waals surface area (Å²) in [5, 5.41) is 3.07. The Bertz CT molecular complexity index is 317. The minimum atomic E-state index is -0.447. The zero-order valence-corrected chi connectivity index (χ0v) is 8.99. The number of hydrogen-bond acceptors (Lipinski definition) is 2. The number of ether oxygens (including phenoxy) is 1. The van der Waals surface area contributed by atoms with Crippen molar-refractivity contribution in [3.05, 3.63) is 28.5 Å². The summed E-state index contributed by atoms with van der Waals surface area (Å²) >= 11 is 5.76. The van der Waals surface area contributed by atoms with Gasteiger partial charge < -0.3 is 10.1 Å². The SMILES string of the molecule is CNCCc1ccc(F)c(Cl)c1OC. The van der Waals surface area contributed by atoms with Crippen molar-refractivity contribution >= 4 is 11.6 Å². The lowest BCUT2D eigenvalue weighted by atomic mass is 10.1. The van der Waals surface area contributed by atoms with Gasteiger partial charge in [0.15, 0.2) is 0 Å². The third-order valence-corrected chi connectivity index (χ3v) is 2.33. The van der Waals surface area contributed by atoms with Crippen LogP contribution in [0.3, 0.4) is 0 Å². The Kier molecular flexibility index (Phi) is 4.17. The maximum atomic E-state index is 13.0. The molecule has 2 nitrogen and oxygen atoms in total. The first-order valence-corrected chi connectivity index (χ1v) is 4.74. The highest BCUT2D eigenvalue weighted by atomic mass is 35.5. The molecule has 0 atom stereocenters. The first-order valence-electron chi connectivity index (χ1n) is 4.36. The van der Waals surface area contributed by atoms with E-state index in [1.165, 1.54) is 13.2 Å². The first-order chi connectivity index (χ1) is 6.70. The smallest absolute Gasteiger partial charge is 0.145 e. The Hall–Kier alpha value is -0.800. The van der Waals surface area contributed by atoms with Crippen molar-refractivity contribution in [3.63, 3.8) is 0 Å². The second-order valence-corrected chi connectivity index (χ2v) is 3.29. The highest BCUT2D eigenvalue weighted by Gasteiger charge is 2.11.